The molecule has 2 heterocycles. The van der Waals surface area contributed by atoms with Gasteiger partial charge in [-0.25, -0.2) is 5.43 Å². The van der Waals surface area contributed by atoms with Crippen molar-refractivity contribution >= 4 is 23.4 Å². The lowest BCUT2D eigenvalue weighted by Gasteiger charge is -2.32. The molecular formula is C12H19N5O3. The fraction of sp³-hybridized carbons (Fsp3) is 0.667. The monoisotopic (exact) mass is 281 g/mol. The van der Waals surface area contributed by atoms with Crippen LogP contribution in [-0.2, 0) is 14.4 Å². The van der Waals surface area contributed by atoms with Crippen molar-refractivity contribution in [2.24, 2.45) is 5.10 Å². The lowest BCUT2D eigenvalue weighted by molar-refractivity contribution is -0.133. The number of carbonyl (C=O) groups excluding carboxylic acids is 3. The van der Waals surface area contributed by atoms with E-state index in [0.717, 1.165) is 13.1 Å². The van der Waals surface area contributed by atoms with Crippen LogP contribution in [0.3, 0.4) is 0 Å². The average molecular weight is 281 g/mol. The third kappa shape index (κ3) is 3.77. The molecule has 0 atom stereocenters. The van der Waals surface area contributed by atoms with E-state index >= 15 is 0 Å². The lowest BCUT2D eigenvalue weighted by Crippen LogP contribution is -2.50. The number of hydrazone groups is 1. The van der Waals surface area contributed by atoms with Gasteiger partial charge in [-0.2, -0.15) is 5.10 Å². The van der Waals surface area contributed by atoms with Gasteiger partial charge in [0.25, 0.3) is 5.91 Å². The van der Waals surface area contributed by atoms with Crippen molar-refractivity contribution in [3.63, 3.8) is 0 Å². The summed E-state index contributed by atoms with van der Waals surface area (Å²) in [7, 11) is 2.01. The molecule has 2 aliphatic rings. The van der Waals surface area contributed by atoms with Crippen LogP contribution < -0.4 is 10.7 Å². The van der Waals surface area contributed by atoms with E-state index in [2.05, 4.69) is 20.7 Å². The van der Waals surface area contributed by atoms with Gasteiger partial charge in [-0.15, -0.1) is 0 Å². The molecule has 2 N–H and O–H groups in total. The average Bonchev–Trinajstić information content (AvgIpc) is 2.46. The fourth-order valence-corrected chi connectivity index (χ4v) is 2.06. The molecule has 0 aromatic heterocycles. The smallest absolute Gasteiger partial charge is 0.267 e. The second-order valence-electron chi connectivity index (χ2n) is 4.96. The normalized spacial score (nSPS) is 20.1. The molecule has 0 radical (unpaired) electrons. The highest BCUT2D eigenvalue weighted by molar-refractivity contribution is 6.39. The predicted octanol–water partition coefficient (Wildman–Crippen LogP) is -1.86. The van der Waals surface area contributed by atoms with E-state index < -0.39 is 5.91 Å². The number of likely N-dealkylation sites (N-methyl/N-ethyl adjacent to an activating group) is 1. The molecule has 8 nitrogen and oxygen atoms in total. The van der Waals surface area contributed by atoms with Gasteiger partial charge >= 0.3 is 0 Å². The maximum Gasteiger partial charge on any atom is 0.267 e. The van der Waals surface area contributed by atoms with Crippen molar-refractivity contribution in [2.75, 3.05) is 39.8 Å². The number of amides is 3. The summed E-state index contributed by atoms with van der Waals surface area (Å²) in [6, 6.07) is 0. The van der Waals surface area contributed by atoms with E-state index in [0.29, 0.717) is 19.5 Å². The molecule has 2 aliphatic heterocycles. The number of nitrogens with one attached hydrogen (secondary N) is 2. The van der Waals surface area contributed by atoms with E-state index in [-0.39, 0.29) is 30.5 Å². The van der Waals surface area contributed by atoms with Gasteiger partial charge in [-0.05, 0) is 7.05 Å². The van der Waals surface area contributed by atoms with Crippen LogP contribution in [0.15, 0.2) is 5.10 Å². The lowest BCUT2D eigenvalue weighted by atomic mass is 10.1. The number of piperazine rings is 1. The first-order chi connectivity index (χ1) is 9.56. The quantitative estimate of drug-likeness (QED) is 0.634. The second kappa shape index (κ2) is 6.47. The minimum atomic E-state index is -0.396. The van der Waals surface area contributed by atoms with Crippen LogP contribution in [0.1, 0.15) is 12.8 Å². The van der Waals surface area contributed by atoms with Crippen molar-refractivity contribution in [2.45, 2.75) is 12.8 Å². The Hall–Kier alpha value is -1.96. The van der Waals surface area contributed by atoms with Crippen LogP contribution in [-0.4, -0.2) is 73.0 Å². The van der Waals surface area contributed by atoms with Crippen molar-refractivity contribution < 1.29 is 14.4 Å². The minimum Gasteiger partial charge on any atom is -0.342 e. The summed E-state index contributed by atoms with van der Waals surface area (Å²) in [5.74, 6) is -0.686. The van der Waals surface area contributed by atoms with Crippen LogP contribution in [0.25, 0.3) is 0 Å². The van der Waals surface area contributed by atoms with Crippen LogP contribution in [0.4, 0.5) is 0 Å². The Morgan fingerprint density at radius 1 is 1.25 bits per heavy atom. The van der Waals surface area contributed by atoms with E-state index in [1.165, 1.54) is 0 Å². The maximum absolute atomic E-state index is 11.9. The zero-order valence-electron chi connectivity index (χ0n) is 11.5. The van der Waals surface area contributed by atoms with Gasteiger partial charge in [0, 0.05) is 39.0 Å². The number of carbonyl (C=O) groups is 3. The Balaban J connectivity index is 1.76. The largest absolute Gasteiger partial charge is 0.342 e. The van der Waals surface area contributed by atoms with Gasteiger partial charge in [0.15, 0.2) is 0 Å². The molecule has 0 saturated carbocycles. The molecule has 1 saturated heterocycles. The summed E-state index contributed by atoms with van der Waals surface area (Å²) >= 11 is 0. The summed E-state index contributed by atoms with van der Waals surface area (Å²) < 4.78 is 0. The summed E-state index contributed by atoms with van der Waals surface area (Å²) in [6.45, 7) is 3.02. The maximum atomic E-state index is 11.9. The van der Waals surface area contributed by atoms with E-state index in [9.17, 15) is 14.4 Å². The first-order valence-electron chi connectivity index (χ1n) is 6.66. The number of hydrogen-bond acceptors (Lipinski definition) is 5. The Kier molecular flexibility index (Phi) is 4.67. The molecule has 0 aliphatic carbocycles. The van der Waals surface area contributed by atoms with Crippen molar-refractivity contribution in [1.82, 2.24) is 20.5 Å². The molecule has 0 bridgehead atoms. The molecule has 8 heteroatoms. The summed E-state index contributed by atoms with van der Waals surface area (Å²) in [4.78, 5) is 38.5. The van der Waals surface area contributed by atoms with Crippen LogP contribution in [0.2, 0.25) is 0 Å². The first-order valence-corrected chi connectivity index (χ1v) is 6.66. The van der Waals surface area contributed by atoms with Crippen molar-refractivity contribution in [3.05, 3.63) is 0 Å². The topological polar surface area (TPSA) is 94.1 Å². The SMILES string of the molecule is CN1CCN(C(=O)CNC(=O)C2=NNC(=O)CC2)CC1. The van der Waals surface area contributed by atoms with Gasteiger partial charge in [0.05, 0.1) is 6.54 Å². The molecular weight excluding hydrogens is 262 g/mol. The van der Waals surface area contributed by atoms with Gasteiger partial charge < -0.3 is 15.1 Å². The van der Waals surface area contributed by atoms with Gasteiger partial charge in [0.2, 0.25) is 11.8 Å². The van der Waals surface area contributed by atoms with Gasteiger partial charge in [0.1, 0.15) is 5.71 Å². The summed E-state index contributed by atoms with van der Waals surface area (Å²) in [5, 5.41) is 6.23. The molecule has 2 rings (SSSR count). The first kappa shape index (κ1) is 14.4. The molecule has 3 amide bonds. The van der Waals surface area contributed by atoms with E-state index in [1.54, 1.807) is 4.90 Å². The van der Waals surface area contributed by atoms with Crippen LogP contribution >= 0.6 is 0 Å². The molecule has 0 spiro atoms. The Morgan fingerprint density at radius 2 is 1.95 bits per heavy atom. The highest BCUT2D eigenvalue weighted by Gasteiger charge is 2.22. The van der Waals surface area contributed by atoms with Crippen LogP contribution in [0, 0.1) is 0 Å². The van der Waals surface area contributed by atoms with E-state index in [4.69, 9.17) is 0 Å². The second-order valence-corrected chi connectivity index (χ2v) is 4.96. The molecule has 0 aromatic carbocycles. The Labute approximate surface area is 117 Å². The number of rotatable bonds is 3. The van der Waals surface area contributed by atoms with Crippen LogP contribution in [0.5, 0.6) is 0 Å². The molecule has 0 aromatic rings. The molecule has 1 fully saturated rings. The zero-order chi connectivity index (χ0) is 14.5. The Morgan fingerprint density at radius 3 is 2.55 bits per heavy atom. The molecule has 20 heavy (non-hydrogen) atoms. The summed E-state index contributed by atoms with van der Waals surface area (Å²) in [6.07, 6.45) is 0.555. The summed E-state index contributed by atoms with van der Waals surface area (Å²) in [5.41, 5.74) is 2.52. The minimum absolute atomic E-state index is 0.0322. The van der Waals surface area contributed by atoms with Gasteiger partial charge in [-0.1, -0.05) is 0 Å². The predicted molar refractivity (Wildman–Crippen MR) is 71.9 cm³/mol. The highest BCUT2D eigenvalue weighted by atomic mass is 16.2. The van der Waals surface area contributed by atoms with E-state index in [1.807, 2.05) is 7.05 Å². The highest BCUT2D eigenvalue weighted by Crippen LogP contribution is 2.01. The Bertz CT molecular complexity index is 440. The molecule has 0 unspecified atom stereocenters. The van der Waals surface area contributed by atoms with Crippen molar-refractivity contribution in [1.29, 1.82) is 0 Å². The molecule has 110 valence electrons. The number of hydrogen-bond donors (Lipinski definition) is 2. The number of nitrogens with zero attached hydrogens (tertiary/aromatic N) is 3. The third-order valence-corrected chi connectivity index (χ3v) is 3.42. The standard InChI is InChI=1S/C12H19N5O3/c1-16-4-6-17(7-5-16)11(19)8-13-12(20)9-2-3-10(18)15-14-9/h2-8H2,1H3,(H,13,20)(H,15,18). The van der Waals surface area contributed by atoms with Gasteiger partial charge in [-0.3, -0.25) is 14.4 Å². The zero-order valence-corrected chi connectivity index (χ0v) is 11.5. The van der Waals surface area contributed by atoms with Crippen molar-refractivity contribution in [3.8, 4) is 0 Å². The fourth-order valence-electron chi connectivity index (χ4n) is 2.06. The third-order valence-electron chi connectivity index (χ3n) is 3.42.